The highest BCUT2D eigenvalue weighted by molar-refractivity contribution is 7.13. The molecule has 0 spiro atoms. The summed E-state index contributed by atoms with van der Waals surface area (Å²) < 4.78 is 22.2. The first-order valence-corrected chi connectivity index (χ1v) is 47.0. The molecule has 41 heteroatoms. The second kappa shape index (κ2) is 41.9. The Morgan fingerprint density at radius 1 is 0.391 bits per heavy atom. The maximum Gasteiger partial charge on any atom is 0.350 e. The molecule has 40 nitrogen and oxygen atoms in total. The fourth-order valence-electron chi connectivity index (χ4n) is 16.3. The minimum absolute atomic E-state index is 0.0555. The van der Waals surface area contributed by atoms with Crippen LogP contribution in [0.4, 0.5) is 69.8 Å². The van der Waals surface area contributed by atoms with E-state index in [2.05, 4.69) is 168 Å². The number of aliphatic carboxylic acids is 6. The smallest absolute Gasteiger partial charge is 0.350 e. The Bertz CT molecular complexity index is 6450. The Morgan fingerprint density at radius 3 is 1.20 bits per heavy atom. The van der Waals surface area contributed by atoms with Crippen molar-refractivity contribution in [3.05, 3.63) is 117 Å². The third-order valence-electron chi connectivity index (χ3n) is 24.9. The number of carbonyl (C=O) groups is 6. The number of morpholine rings is 1. The second-order valence-electron chi connectivity index (χ2n) is 36.3. The SMILES string of the molecule is CC(C)N(C)c1nc2c(nc1-c1cc3ccccc3o1)N=C(C(=O)O)C2.CC(C)N(C)c1nc2c(nc1-c1ccc3c(c1)OCO3)N=C(C(=O)O)C2.CC(C)N(C)c1nc2c(nc1-c1cccs1)N=C(C(=O)O)C2.CC(C)N(C)c1nc2c(nc1C1CCCC1)N=C(C(=O)O)C2.CC(C)c1nc2c(nc1N1CCCCC1)CC(C(=O)O)=N2.CC(C)c1nc2c(nc1N1CCOCC1)CC(C(=O)O)=N2. The monoisotopic (exact) mass is 1900 g/mol. The second-order valence-corrected chi connectivity index (χ2v) is 37.2. The summed E-state index contributed by atoms with van der Waals surface area (Å²) in [5.74, 6) is 3.99. The Kier molecular flexibility index (Phi) is 29.7. The molecular weight excluding hydrogens is 1790 g/mol. The lowest BCUT2D eigenvalue weighted by atomic mass is 10.0. The van der Waals surface area contributed by atoms with Crippen molar-refractivity contribution in [3.8, 4) is 44.8 Å². The number of rotatable bonds is 22. The molecule has 20 rings (SSSR count). The van der Waals surface area contributed by atoms with Crippen LogP contribution in [-0.4, -0.2) is 259 Å². The molecule has 17 heterocycles. The van der Waals surface area contributed by atoms with Crippen LogP contribution in [0.15, 0.2) is 100 Å². The van der Waals surface area contributed by atoms with Gasteiger partial charge in [-0.05, 0) is 141 Å². The van der Waals surface area contributed by atoms with E-state index in [-0.39, 0.29) is 110 Å². The zero-order valence-electron chi connectivity index (χ0n) is 79.9. The number of hydrogen-bond donors (Lipinski definition) is 6. The predicted molar refractivity (Wildman–Crippen MR) is 526 cm³/mol. The number of hydrogen-bond acceptors (Lipinski definition) is 35. The number of fused-ring (bicyclic) bond motifs is 8. The molecule has 10 aromatic rings. The van der Waals surface area contributed by atoms with Gasteiger partial charge in [-0.15, -0.1) is 11.3 Å². The Morgan fingerprint density at radius 2 is 0.775 bits per heavy atom. The molecule has 0 atom stereocenters. The van der Waals surface area contributed by atoms with Crippen molar-refractivity contribution in [2.75, 3.05) is 104 Å². The van der Waals surface area contributed by atoms with Crippen LogP contribution in [0.25, 0.3) is 44.3 Å². The molecule has 0 unspecified atom stereocenters. The van der Waals surface area contributed by atoms with Crippen LogP contribution in [0, 0.1) is 0 Å². The molecular formula is C97H112N24O16S. The molecule has 0 bridgehead atoms. The van der Waals surface area contributed by atoms with Gasteiger partial charge in [-0.25, -0.2) is 119 Å². The zero-order valence-corrected chi connectivity index (χ0v) is 80.8. The van der Waals surface area contributed by atoms with Crippen LogP contribution in [0.1, 0.15) is 197 Å². The lowest BCUT2D eigenvalue weighted by Gasteiger charge is -2.30. The number of aliphatic imine (C=N–C) groups is 6. The van der Waals surface area contributed by atoms with Crippen molar-refractivity contribution in [1.82, 2.24) is 59.8 Å². The van der Waals surface area contributed by atoms with Gasteiger partial charge < -0.3 is 78.7 Å². The Balaban J connectivity index is 0.000000126. The summed E-state index contributed by atoms with van der Waals surface area (Å²) in [5.41, 5.74) is 10.7. The van der Waals surface area contributed by atoms with E-state index in [0.29, 0.717) is 135 Å². The number of benzene rings is 2. The number of aromatic nitrogens is 12. The molecule has 1 saturated carbocycles. The van der Waals surface area contributed by atoms with Crippen LogP contribution in [0.2, 0.25) is 0 Å². The maximum absolute atomic E-state index is 11.3. The quantitative estimate of drug-likeness (QED) is 0.0367. The highest BCUT2D eigenvalue weighted by Crippen LogP contribution is 2.45. The first-order chi connectivity index (χ1) is 65.9. The molecule has 9 aliphatic heterocycles. The van der Waals surface area contributed by atoms with Crippen molar-refractivity contribution in [2.24, 2.45) is 30.0 Å². The molecule has 3 fully saturated rings. The van der Waals surface area contributed by atoms with E-state index < -0.39 is 35.8 Å². The summed E-state index contributed by atoms with van der Waals surface area (Å²) in [7, 11) is 7.85. The summed E-state index contributed by atoms with van der Waals surface area (Å²) in [6, 6.07) is 20.1. The number of anilines is 6. The molecule has 0 radical (unpaired) electrons. The summed E-state index contributed by atoms with van der Waals surface area (Å²) in [5, 5.41) is 57.8. The number of carboxylic acid groups (broad SMARTS) is 6. The lowest BCUT2D eigenvalue weighted by Crippen LogP contribution is -2.37. The number of carboxylic acids is 6. The standard InChI is InChI=1S/C19H18N4O3.C18H18N4O4.C16H22N4O2.C15H16N4O2S.C15H20N4O2.C14H18N4O3/c1-10(2)23(3)18-16(15-8-11-6-4-5-7-14(11)26-15)22-17-12(21-18)9-13(20-17)19(24)25;1-9(2)22(3)17-15(10-4-5-13-14(6-10)26-8-25-13)21-16-11(20-17)7-12(19-16)18(23)24;1-9(2)20(3)15-13(10-6-4-5-7-10)19-14-11(18-15)8-12(17-14)16(21)22;1-8(2)19(3)14-12(11-5-4-6-22-11)18-13-9(17-14)7-10(16-13)15(20)21;1-9(2)12-14(19-6-4-3-5-7-19)17-10-8-11(15(20)21)16-13(10)18-12;1-8(2)11-13(18-3-5-21-6-4-18)16-9-7-10(14(19)20)15-12(9)17-11/h4-8,10H,9H2,1-3H3,(H,24,25);4-6,9H,7-8H2,1-3H3,(H,23,24);9-10H,4-8H2,1-3H3,(H,21,22);4-6,8H,7H2,1-3H3,(H,20,21);9H,3-8H2,1-2H3,(H,20,21);8H,3-7H2,1-2H3,(H,19,20). The molecule has 138 heavy (non-hydrogen) atoms. The molecule has 1 aliphatic carbocycles. The van der Waals surface area contributed by atoms with Crippen LogP contribution >= 0.6 is 11.3 Å². The van der Waals surface area contributed by atoms with Gasteiger partial charge in [0.15, 0.2) is 92.8 Å². The number of furan rings is 1. The maximum atomic E-state index is 11.3. The topological polar surface area (TPSA) is 513 Å². The molecule has 6 N–H and O–H groups in total. The van der Waals surface area contributed by atoms with E-state index in [9.17, 15) is 39.0 Å². The van der Waals surface area contributed by atoms with E-state index in [4.69, 9.17) is 59.0 Å². The van der Waals surface area contributed by atoms with Crippen molar-refractivity contribution in [2.45, 2.75) is 208 Å². The molecule has 0 amide bonds. The normalized spacial score (nSPS) is 15.6. The molecule has 8 aromatic heterocycles. The predicted octanol–water partition coefficient (Wildman–Crippen LogP) is 14.8. The Hall–Kier alpha value is -14.6. The van der Waals surface area contributed by atoms with E-state index in [1.54, 1.807) is 11.3 Å². The molecule has 2 aromatic carbocycles. The van der Waals surface area contributed by atoms with Crippen LogP contribution in [0.5, 0.6) is 11.5 Å². The van der Waals surface area contributed by atoms with Crippen molar-refractivity contribution >= 4 is 162 Å². The van der Waals surface area contributed by atoms with Gasteiger partial charge in [0.05, 0.1) is 69.3 Å². The highest BCUT2D eigenvalue weighted by atomic mass is 32.1. The average molecular weight is 1900 g/mol. The third-order valence-corrected chi connectivity index (χ3v) is 25.8. The first-order valence-electron chi connectivity index (χ1n) is 46.2. The van der Waals surface area contributed by atoms with Gasteiger partial charge in [0.25, 0.3) is 0 Å². The van der Waals surface area contributed by atoms with Gasteiger partial charge in [-0.2, -0.15) is 0 Å². The first kappa shape index (κ1) is 97.9. The number of nitrogens with zero attached hydrogens (tertiary/aromatic N) is 24. The number of ether oxygens (including phenoxy) is 3. The lowest BCUT2D eigenvalue weighted by molar-refractivity contribution is -0.130. The molecule has 722 valence electrons. The van der Waals surface area contributed by atoms with Crippen molar-refractivity contribution in [1.29, 1.82) is 0 Å². The summed E-state index contributed by atoms with van der Waals surface area (Å²) in [6.07, 6.45) is 9.67. The number of thiophene rings is 1. The molecule has 2 saturated heterocycles. The van der Waals surface area contributed by atoms with Crippen molar-refractivity contribution in [3.63, 3.8) is 0 Å². The van der Waals surface area contributed by atoms with E-state index in [0.717, 1.165) is 106 Å². The van der Waals surface area contributed by atoms with E-state index in [1.165, 1.54) is 32.1 Å². The van der Waals surface area contributed by atoms with Gasteiger partial charge in [-0.3, -0.25) is 0 Å². The zero-order chi connectivity index (χ0) is 98.5. The minimum Gasteiger partial charge on any atom is -0.477 e. The summed E-state index contributed by atoms with van der Waals surface area (Å²) in [4.78, 5) is 161. The number of piperidine rings is 1. The fourth-order valence-corrected chi connectivity index (χ4v) is 17.0. The largest absolute Gasteiger partial charge is 0.477 e. The van der Waals surface area contributed by atoms with Gasteiger partial charge in [-0.1, -0.05) is 64.8 Å². The average Bonchev–Trinajstić information content (AvgIpc) is 1.63. The molecule has 10 aliphatic rings. The Labute approximate surface area is 800 Å². The van der Waals surface area contributed by atoms with E-state index in [1.807, 2.05) is 109 Å². The highest BCUT2D eigenvalue weighted by Gasteiger charge is 2.37. The van der Waals surface area contributed by atoms with Crippen molar-refractivity contribution < 1.29 is 78.0 Å². The van der Waals surface area contributed by atoms with Crippen LogP contribution in [0.3, 0.4) is 0 Å². The van der Waals surface area contributed by atoms with Gasteiger partial charge in [0, 0.05) is 134 Å². The fraction of sp³-hybridized carbons (Fsp3) is 0.443. The van der Waals surface area contributed by atoms with Crippen LogP contribution in [-0.2, 0) is 72.0 Å². The summed E-state index contributed by atoms with van der Waals surface area (Å²) >= 11 is 1.58. The minimum atomic E-state index is -1.05. The van der Waals surface area contributed by atoms with Crippen LogP contribution < -0.4 is 38.9 Å². The van der Waals surface area contributed by atoms with Gasteiger partial charge >= 0.3 is 35.8 Å². The van der Waals surface area contributed by atoms with E-state index >= 15 is 0 Å². The summed E-state index contributed by atoms with van der Waals surface area (Å²) in [6.45, 7) is 30.0. The third kappa shape index (κ3) is 21.6. The number of para-hydroxylation sites is 1. The van der Waals surface area contributed by atoms with Gasteiger partial charge in [0.1, 0.15) is 51.2 Å². The van der Waals surface area contributed by atoms with Gasteiger partial charge in [0.2, 0.25) is 6.79 Å².